The van der Waals surface area contributed by atoms with Gasteiger partial charge in [-0.05, 0) is 49.2 Å². The molecule has 6 nitrogen and oxygen atoms in total. The van der Waals surface area contributed by atoms with E-state index in [0.717, 1.165) is 30.6 Å². The van der Waals surface area contributed by atoms with Crippen LogP contribution in [0, 0.1) is 12.7 Å². The summed E-state index contributed by atoms with van der Waals surface area (Å²) < 4.78 is 13.5. The Balaban J connectivity index is 1.56. The maximum atomic E-state index is 13.5. The lowest BCUT2D eigenvalue weighted by Crippen LogP contribution is -2.26. The Morgan fingerprint density at radius 1 is 1.30 bits per heavy atom. The summed E-state index contributed by atoms with van der Waals surface area (Å²) in [5.41, 5.74) is 8.03. The molecule has 1 fully saturated rings. The summed E-state index contributed by atoms with van der Waals surface area (Å²) in [6, 6.07) is 10.7. The van der Waals surface area contributed by atoms with Crippen LogP contribution in [0.25, 0.3) is 10.9 Å². The van der Waals surface area contributed by atoms with E-state index >= 15 is 0 Å². The van der Waals surface area contributed by atoms with Gasteiger partial charge in [-0.25, -0.2) is 14.4 Å². The van der Waals surface area contributed by atoms with Crippen molar-refractivity contribution >= 4 is 28.3 Å². The van der Waals surface area contributed by atoms with Gasteiger partial charge in [-0.2, -0.15) is 0 Å². The molecular weight excluding hydrogens is 345 g/mol. The molecule has 1 aromatic heterocycles. The highest BCUT2D eigenvalue weighted by molar-refractivity contribution is 6.06. The third-order valence-electron chi connectivity index (χ3n) is 4.97. The van der Waals surface area contributed by atoms with Crippen LogP contribution in [-0.2, 0) is 0 Å². The van der Waals surface area contributed by atoms with E-state index in [-0.39, 0.29) is 11.9 Å². The minimum atomic E-state index is -0.510. The molecule has 1 amide bonds. The highest BCUT2D eigenvalue weighted by Crippen LogP contribution is 2.27. The van der Waals surface area contributed by atoms with Gasteiger partial charge in [-0.15, -0.1) is 0 Å². The molecule has 1 aliphatic rings. The van der Waals surface area contributed by atoms with Crippen molar-refractivity contribution in [2.45, 2.75) is 19.4 Å². The Kier molecular flexibility index (Phi) is 4.35. The number of aryl methyl sites for hydroxylation is 1. The first-order chi connectivity index (χ1) is 13.0. The lowest BCUT2D eigenvalue weighted by Gasteiger charge is -2.20. The van der Waals surface area contributed by atoms with Gasteiger partial charge >= 0.3 is 0 Å². The van der Waals surface area contributed by atoms with Gasteiger partial charge in [0.15, 0.2) is 0 Å². The van der Waals surface area contributed by atoms with Crippen LogP contribution in [0.5, 0.6) is 0 Å². The number of anilines is 2. The van der Waals surface area contributed by atoms with Crippen molar-refractivity contribution in [3.05, 3.63) is 59.7 Å². The van der Waals surface area contributed by atoms with Crippen LogP contribution in [-0.4, -0.2) is 35.0 Å². The van der Waals surface area contributed by atoms with E-state index in [1.807, 2.05) is 18.2 Å². The normalized spacial score (nSPS) is 16.7. The zero-order chi connectivity index (χ0) is 19.0. The molecule has 0 radical (unpaired) electrons. The zero-order valence-corrected chi connectivity index (χ0v) is 14.9. The van der Waals surface area contributed by atoms with Crippen molar-refractivity contribution < 1.29 is 9.18 Å². The molecule has 138 valence electrons. The molecule has 1 atom stereocenters. The maximum absolute atomic E-state index is 13.5. The average molecular weight is 365 g/mol. The van der Waals surface area contributed by atoms with Crippen LogP contribution in [0.4, 0.5) is 15.9 Å². The predicted octanol–water partition coefficient (Wildman–Crippen LogP) is 2.87. The minimum absolute atomic E-state index is 0.186. The number of nitrogens with zero attached hydrogens (tertiary/aromatic N) is 3. The van der Waals surface area contributed by atoms with Gasteiger partial charge in [-0.3, -0.25) is 4.79 Å². The number of fused-ring (bicyclic) bond motifs is 1. The van der Waals surface area contributed by atoms with Gasteiger partial charge in [0, 0.05) is 30.2 Å². The number of carbonyl (C=O) groups is 1. The molecule has 0 spiro atoms. The van der Waals surface area contributed by atoms with Gasteiger partial charge in [0.1, 0.15) is 18.0 Å². The van der Waals surface area contributed by atoms with E-state index in [1.54, 1.807) is 19.1 Å². The first kappa shape index (κ1) is 17.2. The molecule has 0 saturated carbocycles. The van der Waals surface area contributed by atoms with Crippen molar-refractivity contribution in [2.24, 2.45) is 5.73 Å². The number of benzene rings is 2. The highest BCUT2D eigenvalue weighted by atomic mass is 19.1. The maximum Gasteiger partial charge on any atom is 0.250 e. The standard InChI is InChI=1S/C20H20FN5O/c1-12-9-14(5-6-17(12)21)26-8-7-13(10-26)25-20-16-4-2-3-15(19(22)27)18(16)23-11-24-20/h2-6,9,11,13H,7-8,10H2,1H3,(H2,22,27)(H,23,24,25). The lowest BCUT2D eigenvalue weighted by molar-refractivity contribution is 0.100. The van der Waals surface area contributed by atoms with Crippen molar-refractivity contribution in [3.8, 4) is 0 Å². The number of aromatic nitrogens is 2. The topological polar surface area (TPSA) is 84.1 Å². The van der Waals surface area contributed by atoms with Crippen molar-refractivity contribution in [1.82, 2.24) is 9.97 Å². The molecule has 2 heterocycles. The Morgan fingerprint density at radius 2 is 2.15 bits per heavy atom. The van der Waals surface area contributed by atoms with Crippen molar-refractivity contribution in [1.29, 1.82) is 0 Å². The SMILES string of the molecule is Cc1cc(N2CCC(Nc3ncnc4c(C(N)=O)cccc34)C2)ccc1F. The largest absolute Gasteiger partial charge is 0.369 e. The lowest BCUT2D eigenvalue weighted by atomic mass is 10.1. The van der Waals surface area contributed by atoms with Crippen molar-refractivity contribution in [2.75, 3.05) is 23.3 Å². The predicted molar refractivity (Wildman–Crippen MR) is 103 cm³/mol. The molecule has 4 rings (SSSR count). The van der Waals surface area contributed by atoms with Gasteiger partial charge < -0.3 is 16.0 Å². The quantitative estimate of drug-likeness (QED) is 0.743. The van der Waals surface area contributed by atoms with E-state index in [0.29, 0.717) is 22.5 Å². The van der Waals surface area contributed by atoms with Crippen LogP contribution in [0.15, 0.2) is 42.7 Å². The minimum Gasteiger partial charge on any atom is -0.369 e. The van der Waals surface area contributed by atoms with E-state index in [4.69, 9.17) is 5.73 Å². The van der Waals surface area contributed by atoms with Crippen molar-refractivity contribution in [3.63, 3.8) is 0 Å². The molecule has 2 aromatic carbocycles. The van der Waals surface area contributed by atoms with Gasteiger partial charge in [0.2, 0.25) is 0 Å². The Hall–Kier alpha value is -3.22. The summed E-state index contributed by atoms with van der Waals surface area (Å²) in [4.78, 5) is 22.4. The molecule has 0 aliphatic carbocycles. The second-order valence-corrected chi connectivity index (χ2v) is 6.80. The highest BCUT2D eigenvalue weighted by Gasteiger charge is 2.24. The van der Waals surface area contributed by atoms with Gasteiger partial charge in [0.25, 0.3) is 5.91 Å². The van der Waals surface area contributed by atoms with E-state index < -0.39 is 5.91 Å². The summed E-state index contributed by atoms with van der Waals surface area (Å²) in [5, 5.41) is 4.23. The van der Waals surface area contributed by atoms with E-state index in [1.165, 1.54) is 12.4 Å². The first-order valence-corrected chi connectivity index (χ1v) is 8.84. The fourth-order valence-electron chi connectivity index (χ4n) is 3.53. The number of amides is 1. The zero-order valence-electron chi connectivity index (χ0n) is 14.9. The number of para-hydroxylation sites is 1. The number of halogens is 1. The number of carbonyl (C=O) groups excluding carboxylic acids is 1. The summed E-state index contributed by atoms with van der Waals surface area (Å²) in [6.07, 6.45) is 2.37. The number of hydrogen-bond acceptors (Lipinski definition) is 5. The van der Waals surface area contributed by atoms with Crippen LogP contribution >= 0.6 is 0 Å². The second kappa shape index (κ2) is 6.83. The van der Waals surface area contributed by atoms with Crippen LogP contribution in [0.1, 0.15) is 22.3 Å². The number of hydrogen-bond donors (Lipinski definition) is 2. The fourth-order valence-corrected chi connectivity index (χ4v) is 3.53. The summed E-state index contributed by atoms with van der Waals surface area (Å²) in [5.74, 6) is -0.0143. The molecule has 1 saturated heterocycles. The van der Waals surface area contributed by atoms with Gasteiger partial charge in [0.05, 0.1) is 11.1 Å². The molecule has 27 heavy (non-hydrogen) atoms. The monoisotopic (exact) mass is 365 g/mol. The Bertz CT molecular complexity index is 1020. The number of nitrogens with one attached hydrogen (secondary N) is 1. The summed E-state index contributed by atoms with van der Waals surface area (Å²) >= 11 is 0. The van der Waals surface area contributed by atoms with Gasteiger partial charge in [-0.1, -0.05) is 6.07 Å². The second-order valence-electron chi connectivity index (χ2n) is 6.80. The molecule has 7 heteroatoms. The molecule has 1 unspecified atom stereocenters. The Morgan fingerprint density at radius 3 is 2.93 bits per heavy atom. The molecular formula is C20H20FN5O. The number of rotatable bonds is 4. The third-order valence-corrected chi connectivity index (χ3v) is 4.97. The first-order valence-electron chi connectivity index (χ1n) is 8.84. The summed E-state index contributed by atoms with van der Waals surface area (Å²) in [7, 11) is 0. The molecule has 3 N–H and O–H groups in total. The molecule has 1 aliphatic heterocycles. The third kappa shape index (κ3) is 3.28. The summed E-state index contributed by atoms with van der Waals surface area (Å²) in [6.45, 7) is 3.43. The molecule has 3 aromatic rings. The van der Waals surface area contributed by atoms with E-state index in [2.05, 4.69) is 20.2 Å². The van der Waals surface area contributed by atoms with E-state index in [9.17, 15) is 9.18 Å². The van der Waals surface area contributed by atoms with Crippen LogP contribution < -0.4 is 16.0 Å². The average Bonchev–Trinajstić information content (AvgIpc) is 3.12. The number of nitrogens with two attached hydrogens (primary N) is 1. The van der Waals surface area contributed by atoms with Crippen LogP contribution in [0.3, 0.4) is 0 Å². The number of primary amides is 1. The fraction of sp³-hybridized carbons (Fsp3) is 0.250. The Labute approximate surface area is 156 Å². The smallest absolute Gasteiger partial charge is 0.250 e. The van der Waals surface area contributed by atoms with Crippen LogP contribution in [0.2, 0.25) is 0 Å². The molecule has 0 bridgehead atoms.